The minimum atomic E-state index is -0.910. The summed E-state index contributed by atoms with van der Waals surface area (Å²) < 4.78 is 0. The van der Waals surface area contributed by atoms with Crippen molar-refractivity contribution in [3.8, 4) is 0 Å². The van der Waals surface area contributed by atoms with Crippen LogP contribution < -0.4 is 21.1 Å². The summed E-state index contributed by atoms with van der Waals surface area (Å²) in [6.07, 6.45) is 1.63. The number of benzene rings is 2. The number of nitrogens with zero attached hydrogens (tertiary/aromatic N) is 2. The zero-order chi connectivity index (χ0) is 22.9. The molecule has 8 nitrogen and oxygen atoms in total. The first-order valence-corrected chi connectivity index (χ1v) is 11.2. The number of carbonyl (C=O) groups excluding carboxylic acids is 2. The molecule has 3 heterocycles. The molecule has 33 heavy (non-hydrogen) atoms. The van der Waals surface area contributed by atoms with Gasteiger partial charge in [0, 0.05) is 25.2 Å². The van der Waals surface area contributed by atoms with Crippen molar-refractivity contribution in [1.29, 1.82) is 0 Å². The summed E-state index contributed by atoms with van der Waals surface area (Å²) in [7, 11) is 0. The van der Waals surface area contributed by atoms with Gasteiger partial charge in [-0.2, -0.15) is 4.98 Å². The van der Waals surface area contributed by atoms with Crippen molar-refractivity contribution in [3.63, 3.8) is 0 Å². The van der Waals surface area contributed by atoms with Gasteiger partial charge in [-0.25, -0.2) is 0 Å². The van der Waals surface area contributed by atoms with Crippen molar-refractivity contribution in [2.24, 2.45) is 0 Å². The summed E-state index contributed by atoms with van der Waals surface area (Å²) >= 11 is 0. The molecule has 0 aliphatic carbocycles. The van der Waals surface area contributed by atoms with Crippen molar-refractivity contribution >= 4 is 29.3 Å². The number of nitrogens with one attached hydrogen (secondary N) is 3. The standard InChI is InChI=1S/C25H25N5O3/c1-2-15-7-9-18(10-8-15)26-23(32)19-13-20(31)27-22-21(19)24(33)29-25(28-22)30-12-11-16-5-3-4-6-17(16)14-30/h3-10,19H,2,11-14H2,1H3,(H,26,32)(H2,27,28,29,31,33). The van der Waals surface area contributed by atoms with Crippen molar-refractivity contribution in [2.75, 3.05) is 22.1 Å². The van der Waals surface area contributed by atoms with Crippen LogP contribution in [0.5, 0.6) is 0 Å². The van der Waals surface area contributed by atoms with Gasteiger partial charge in [0.2, 0.25) is 17.8 Å². The lowest BCUT2D eigenvalue weighted by Crippen LogP contribution is -2.38. The van der Waals surface area contributed by atoms with E-state index in [0.29, 0.717) is 24.7 Å². The molecule has 2 aliphatic rings. The van der Waals surface area contributed by atoms with Gasteiger partial charge in [-0.15, -0.1) is 0 Å². The van der Waals surface area contributed by atoms with Crippen molar-refractivity contribution in [3.05, 3.63) is 81.1 Å². The number of hydrogen-bond acceptors (Lipinski definition) is 5. The Balaban J connectivity index is 1.42. The van der Waals surface area contributed by atoms with Crippen LogP contribution in [0.3, 0.4) is 0 Å². The third-order valence-electron chi connectivity index (χ3n) is 6.31. The SMILES string of the molecule is CCc1ccc(NC(=O)C2CC(=O)Nc3nc(N4CCc5ccccc5C4)[nH]c(=O)c32)cc1. The lowest BCUT2D eigenvalue weighted by molar-refractivity contribution is -0.123. The fourth-order valence-electron chi connectivity index (χ4n) is 4.46. The predicted molar refractivity (Wildman–Crippen MR) is 126 cm³/mol. The summed E-state index contributed by atoms with van der Waals surface area (Å²) in [5, 5.41) is 5.52. The molecule has 2 aliphatic heterocycles. The smallest absolute Gasteiger partial charge is 0.258 e. The molecule has 0 bridgehead atoms. The largest absolute Gasteiger partial charge is 0.338 e. The topological polar surface area (TPSA) is 107 Å². The lowest BCUT2D eigenvalue weighted by Gasteiger charge is -2.30. The Kier molecular flexibility index (Phi) is 5.42. The molecule has 0 fully saturated rings. The number of amides is 2. The molecule has 0 saturated heterocycles. The molecule has 0 radical (unpaired) electrons. The molecular formula is C25H25N5O3. The number of anilines is 3. The molecule has 5 rings (SSSR count). The maximum absolute atomic E-state index is 13.1. The number of rotatable bonds is 4. The number of fused-ring (bicyclic) bond motifs is 2. The minimum absolute atomic E-state index is 0.104. The van der Waals surface area contributed by atoms with Crippen LogP contribution in [0.25, 0.3) is 0 Å². The average molecular weight is 444 g/mol. The van der Waals surface area contributed by atoms with Crippen LogP contribution in [0.2, 0.25) is 0 Å². The lowest BCUT2D eigenvalue weighted by atomic mass is 9.92. The molecule has 0 saturated carbocycles. The van der Waals surface area contributed by atoms with Gasteiger partial charge in [0.1, 0.15) is 5.82 Å². The zero-order valence-corrected chi connectivity index (χ0v) is 18.4. The molecule has 0 spiro atoms. The second-order valence-electron chi connectivity index (χ2n) is 8.44. The van der Waals surface area contributed by atoms with E-state index in [1.807, 2.05) is 41.3 Å². The van der Waals surface area contributed by atoms with Crippen LogP contribution in [0, 0.1) is 0 Å². The Morgan fingerprint density at radius 1 is 1.12 bits per heavy atom. The quantitative estimate of drug-likeness (QED) is 0.575. The van der Waals surface area contributed by atoms with E-state index in [2.05, 4.69) is 39.7 Å². The van der Waals surface area contributed by atoms with Gasteiger partial charge in [-0.1, -0.05) is 43.3 Å². The first kappa shape index (κ1) is 20.9. The minimum Gasteiger partial charge on any atom is -0.338 e. The van der Waals surface area contributed by atoms with E-state index in [-0.39, 0.29) is 23.7 Å². The number of H-pyrrole nitrogens is 1. The molecular weight excluding hydrogens is 418 g/mol. The van der Waals surface area contributed by atoms with Gasteiger partial charge in [-0.05, 0) is 41.7 Å². The number of aromatic amines is 1. The van der Waals surface area contributed by atoms with Crippen molar-refractivity contribution in [1.82, 2.24) is 9.97 Å². The van der Waals surface area contributed by atoms with Crippen LogP contribution >= 0.6 is 0 Å². The number of aryl methyl sites for hydroxylation is 1. The second kappa shape index (κ2) is 8.54. The van der Waals surface area contributed by atoms with Crippen molar-refractivity contribution in [2.45, 2.75) is 38.6 Å². The normalized spacial score (nSPS) is 17.1. The van der Waals surface area contributed by atoms with E-state index >= 15 is 0 Å². The van der Waals surface area contributed by atoms with Crippen LogP contribution in [0.4, 0.5) is 17.5 Å². The van der Waals surface area contributed by atoms with E-state index in [1.165, 1.54) is 11.1 Å². The first-order valence-electron chi connectivity index (χ1n) is 11.2. The molecule has 2 amide bonds. The average Bonchev–Trinajstić information content (AvgIpc) is 2.83. The van der Waals surface area contributed by atoms with Gasteiger partial charge < -0.3 is 15.5 Å². The third-order valence-corrected chi connectivity index (χ3v) is 6.31. The molecule has 1 aromatic heterocycles. The van der Waals surface area contributed by atoms with Gasteiger partial charge in [-0.3, -0.25) is 19.4 Å². The molecule has 2 aromatic carbocycles. The molecule has 8 heteroatoms. The van der Waals surface area contributed by atoms with Gasteiger partial charge in [0.15, 0.2) is 0 Å². The second-order valence-corrected chi connectivity index (χ2v) is 8.44. The molecule has 3 aromatic rings. The Morgan fingerprint density at radius 3 is 2.64 bits per heavy atom. The predicted octanol–water partition coefficient (Wildman–Crippen LogP) is 2.96. The fraction of sp³-hybridized carbons (Fsp3) is 0.280. The van der Waals surface area contributed by atoms with Crippen LogP contribution in [-0.2, 0) is 29.0 Å². The highest BCUT2D eigenvalue weighted by atomic mass is 16.2. The summed E-state index contributed by atoms with van der Waals surface area (Å²) in [5.74, 6) is -1.10. The van der Waals surface area contributed by atoms with E-state index in [0.717, 1.165) is 18.4 Å². The van der Waals surface area contributed by atoms with Gasteiger partial charge in [0.05, 0.1) is 11.5 Å². The van der Waals surface area contributed by atoms with Gasteiger partial charge >= 0.3 is 0 Å². The first-order chi connectivity index (χ1) is 16.0. The van der Waals surface area contributed by atoms with E-state index in [4.69, 9.17) is 0 Å². The van der Waals surface area contributed by atoms with E-state index in [1.54, 1.807) is 0 Å². The van der Waals surface area contributed by atoms with Crippen LogP contribution in [-0.4, -0.2) is 28.3 Å². The number of hydrogen-bond donors (Lipinski definition) is 3. The van der Waals surface area contributed by atoms with Crippen LogP contribution in [0.1, 0.15) is 41.5 Å². The monoisotopic (exact) mass is 443 g/mol. The Morgan fingerprint density at radius 2 is 1.88 bits per heavy atom. The Bertz CT molecular complexity index is 1280. The highest BCUT2D eigenvalue weighted by Crippen LogP contribution is 2.31. The highest BCUT2D eigenvalue weighted by molar-refractivity contribution is 6.04. The molecule has 3 N–H and O–H groups in total. The summed E-state index contributed by atoms with van der Waals surface area (Å²) in [6, 6.07) is 15.7. The third kappa shape index (κ3) is 4.11. The summed E-state index contributed by atoms with van der Waals surface area (Å²) in [5.41, 5.74) is 4.03. The Hall–Kier alpha value is -3.94. The van der Waals surface area contributed by atoms with Crippen LogP contribution in [0.15, 0.2) is 53.3 Å². The zero-order valence-electron chi connectivity index (χ0n) is 18.4. The number of aromatic nitrogens is 2. The molecule has 168 valence electrons. The highest BCUT2D eigenvalue weighted by Gasteiger charge is 2.35. The summed E-state index contributed by atoms with van der Waals surface area (Å²) in [4.78, 5) is 47.8. The maximum Gasteiger partial charge on any atom is 0.258 e. The maximum atomic E-state index is 13.1. The van der Waals surface area contributed by atoms with Crippen molar-refractivity contribution < 1.29 is 9.59 Å². The molecule has 1 unspecified atom stereocenters. The summed E-state index contributed by atoms with van der Waals surface area (Å²) in [6.45, 7) is 3.37. The van der Waals surface area contributed by atoms with E-state index < -0.39 is 17.4 Å². The fourth-order valence-corrected chi connectivity index (χ4v) is 4.46. The van der Waals surface area contributed by atoms with Gasteiger partial charge in [0.25, 0.3) is 5.56 Å². The molecule has 1 atom stereocenters. The Labute approximate surface area is 191 Å². The number of carbonyl (C=O) groups is 2. The van der Waals surface area contributed by atoms with E-state index in [9.17, 15) is 14.4 Å².